The van der Waals surface area contributed by atoms with Gasteiger partial charge in [0.25, 0.3) is 11.1 Å². The number of sulfonamides is 1. The van der Waals surface area contributed by atoms with Crippen LogP contribution in [-0.4, -0.2) is 27.9 Å². The molecule has 0 aliphatic heterocycles. The van der Waals surface area contributed by atoms with E-state index < -0.39 is 32.6 Å². The third-order valence-corrected chi connectivity index (χ3v) is 8.13. The minimum Gasteiger partial charge on any atom is -0.338 e. The Morgan fingerprint density at radius 2 is 1.74 bits per heavy atom. The first-order chi connectivity index (χ1) is 17.9. The summed E-state index contributed by atoms with van der Waals surface area (Å²) in [5.74, 6) is -0.724. The van der Waals surface area contributed by atoms with E-state index in [1.165, 1.54) is 54.3 Å². The molecule has 0 aliphatic rings. The van der Waals surface area contributed by atoms with Crippen LogP contribution < -0.4 is 26.8 Å². The van der Waals surface area contributed by atoms with Crippen LogP contribution in [0.2, 0.25) is 0 Å². The molecule has 2 N–H and O–H groups in total. The van der Waals surface area contributed by atoms with Gasteiger partial charge in [0, 0.05) is 22.7 Å². The smallest absolute Gasteiger partial charge is 0.336 e. The molecule has 13 heteroatoms. The van der Waals surface area contributed by atoms with Crippen molar-refractivity contribution in [2.24, 2.45) is 7.05 Å². The number of aromatic nitrogens is 3. The van der Waals surface area contributed by atoms with Gasteiger partial charge in [-0.25, -0.2) is 17.6 Å². The summed E-state index contributed by atoms with van der Waals surface area (Å²) in [5, 5.41) is 2.89. The molecule has 0 saturated heterocycles. The predicted octanol–water partition coefficient (Wildman–Crippen LogP) is 3.43. The highest BCUT2D eigenvalue weighted by molar-refractivity contribution is 14.1. The topological polar surface area (TPSA) is 124 Å². The first kappa shape index (κ1) is 27.6. The number of rotatable bonds is 7. The Kier molecular flexibility index (Phi) is 7.52. The van der Waals surface area contributed by atoms with Gasteiger partial charge in [-0.05, 0) is 79.8 Å². The van der Waals surface area contributed by atoms with Gasteiger partial charge < -0.3 is 5.32 Å². The average molecular weight is 653 g/mol. The fourth-order valence-corrected chi connectivity index (χ4v) is 5.27. The summed E-state index contributed by atoms with van der Waals surface area (Å²) in [6, 6.07) is 10.6. The molecule has 2 aromatic carbocycles. The summed E-state index contributed by atoms with van der Waals surface area (Å²) < 4.78 is 45.6. The number of pyridine rings is 1. The third-order valence-electron chi connectivity index (χ3n) is 6.15. The molecule has 4 aromatic rings. The summed E-state index contributed by atoms with van der Waals surface area (Å²) in [5.41, 5.74) is -1.22. The SMILES string of the molecule is CCn1c(=O)c2c(Nc3ccc(I)cc3F)n(C)c(=O)c(C)c2n(-c2cccc(NS(=O)(=O)CC)c2)c1=O. The van der Waals surface area contributed by atoms with Crippen molar-refractivity contribution in [2.45, 2.75) is 27.3 Å². The molecule has 38 heavy (non-hydrogen) atoms. The molecule has 0 atom stereocenters. The number of benzene rings is 2. The van der Waals surface area contributed by atoms with Crippen molar-refractivity contribution in [1.82, 2.24) is 13.7 Å². The van der Waals surface area contributed by atoms with E-state index in [9.17, 15) is 27.2 Å². The van der Waals surface area contributed by atoms with Crippen LogP contribution in [0, 0.1) is 16.3 Å². The fraction of sp³-hybridized carbons (Fsp3) is 0.240. The highest BCUT2D eigenvalue weighted by Crippen LogP contribution is 2.28. The number of anilines is 3. The molecular weight excluding hydrogens is 628 g/mol. The normalized spacial score (nSPS) is 11.6. The largest absolute Gasteiger partial charge is 0.338 e. The zero-order valence-corrected chi connectivity index (χ0v) is 24.0. The minimum atomic E-state index is -3.60. The Morgan fingerprint density at radius 1 is 1.03 bits per heavy atom. The molecule has 200 valence electrons. The molecule has 0 amide bonds. The maximum atomic E-state index is 14.8. The third kappa shape index (κ3) is 4.87. The summed E-state index contributed by atoms with van der Waals surface area (Å²) in [7, 11) is -2.15. The number of halogens is 2. The van der Waals surface area contributed by atoms with Crippen LogP contribution in [0.1, 0.15) is 19.4 Å². The second kappa shape index (κ2) is 10.4. The Morgan fingerprint density at radius 3 is 2.37 bits per heavy atom. The van der Waals surface area contributed by atoms with E-state index in [-0.39, 0.29) is 51.6 Å². The molecule has 0 bridgehead atoms. The van der Waals surface area contributed by atoms with E-state index in [2.05, 4.69) is 10.0 Å². The van der Waals surface area contributed by atoms with Crippen molar-refractivity contribution in [2.75, 3.05) is 15.8 Å². The van der Waals surface area contributed by atoms with Crippen LogP contribution in [0.4, 0.5) is 21.6 Å². The van der Waals surface area contributed by atoms with Crippen molar-refractivity contribution in [3.05, 3.63) is 88.6 Å². The lowest BCUT2D eigenvalue weighted by Crippen LogP contribution is -2.41. The van der Waals surface area contributed by atoms with Gasteiger partial charge in [0.2, 0.25) is 10.0 Å². The van der Waals surface area contributed by atoms with E-state index in [4.69, 9.17) is 0 Å². The molecule has 10 nitrogen and oxygen atoms in total. The standard InChI is InChI=1S/C25H25FIN5O5S/c1-5-31-24(34)20-21(32(25(31)35)17-9-7-8-16(13-17)29-38(36,37)6-2)14(3)23(33)30(4)22(20)28-19-11-10-15(27)12-18(19)26/h7-13,28-29H,5-6H2,1-4H3. The lowest BCUT2D eigenvalue weighted by atomic mass is 10.1. The summed E-state index contributed by atoms with van der Waals surface area (Å²) >= 11 is 1.97. The van der Waals surface area contributed by atoms with Gasteiger partial charge in [0.1, 0.15) is 17.0 Å². The van der Waals surface area contributed by atoms with Gasteiger partial charge in [0.05, 0.1) is 28.3 Å². The maximum Gasteiger partial charge on any atom is 0.336 e. The molecule has 0 radical (unpaired) electrons. The van der Waals surface area contributed by atoms with Crippen LogP contribution >= 0.6 is 22.6 Å². The first-order valence-electron chi connectivity index (χ1n) is 11.6. The van der Waals surface area contributed by atoms with Crippen LogP contribution in [0.25, 0.3) is 16.6 Å². The Bertz CT molecular complexity index is 1880. The summed E-state index contributed by atoms with van der Waals surface area (Å²) in [6.07, 6.45) is 0. The van der Waals surface area contributed by atoms with Crippen molar-refractivity contribution in [3.63, 3.8) is 0 Å². The number of fused-ring (bicyclic) bond motifs is 1. The Balaban J connectivity index is 2.13. The molecule has 0 saturated carbocycles. The Labute approximate surface area is 230 Å². The summed E-state index contributed by atoms with van der Waals surface area (Å²) in [4.78, 5) is 40.5. The van der Waals surface area contributed by atoms with Gasteiger partial charge in [0.15, 0.2) is 0 Å². The first-order valence-corrected chi connectivity index (χ1v) is 14.3. The highest BCUT2D eigenvalue weighted by atomic mass is 127. The lowest BCUT2D eigenvalue weighted by molar-refractivity contribution is 0.602. The zero-order valence-electron chi connectivity index (χ0n) is 21.0. The molecule has 2 heterocycles. The minimum absolute atomic E-state index is 0.00328. The van der Waals surface area contributed by atoms with Crippen LogP contribution in [0.3, 0.4) is 0 Å². The average Bonchev–Trinajstić information content (AvgIpc) is 2.86. The monoisotopic (exact) mass is 653 g/mol. The van der Waals surface area contributed by atoms with Crippen molar-refractivity contribution in [3.8, 4) is 5.69 Å². The molecule has 4 rings (SSSR count). The van der Waals surface area contributed by atoms with Gasteiger partial charge in [-0.2, -0.15) is 0 Å². The molecule has 0 fully saturated rings. The van der Waals surface area contributed by atoms with Crippen molar-refractivity contribution in [1.29, 1.82) is 0 Å². The zero-order chi connectivity index (χ0) is 27.9. The second-order valence-electron chi connectivity index (χ2n) is 8.53. The van der Waals surface area contributed by atoms with Gasteiger partial charge >= 0.3 is 5.69 Å². The quantitative estimate of drug-likeness (QED) is 0.295. The second-order valence-corrected chi connectivity index (χ2v) is 11.8. The summed E-state index contributed by atoms with van der Waals surface area (Å²) in [6.45, 7) is 4.64. The maximum absolute atomic E-state index is 14.8. The Hall–Kier alpha value is -3.46. The van der Waals surface area contributed by atoms with Gasteiger partial charge in [-0.15, -0.1) is 0 Å². The van der Waals surface area contributed by atoms with Crippen molar-refractivity contribution >= 4 is 60.7 Å². The number of aryl methyl sites for hydroxylation is 1. The highest BCUT2D eigenvalue weighted by Gasteiger charge is 2.23. The van der Waals surface area contributed by atoms with E-state index >= 15 is 0 Å². The number of hydrogen-bond donors (Lipinski definition) is 2. The lowest BCUT2D eigenvalue weighted by Gasteiger charge is -2.20. The molecular formula is C25H25FIN5O5S. The van der Waals surface area contributed by atoms with E-state index in [0.29, 0.717) is 3.57 Å². The molecule has 2 aromatic heterocycles. The predicted molar refractivity (Wildman–Crippen MR) is 155 cm³/mol. The van der Waals surface area contributed by atoms with Crippen LogP contribution in [-0.2, 0) is 23.6 Å². The van der Waals surface area contributed by atoms with Crippen LogP contribution in [0.15, 0.2) is 56.8 Å². The fourth-order valence-electron chi connectivity index (χ4n) is 4.19. The van der Waals surface area contributed by atoms with Crippen molar-refractivity contribution < 1.29 is 12.8 Å². The number of hydrogen-bond acceptors (Lipinski definition) is 6. The van der Waals surface area contributed by atoms with E-state index in [1.807, 2.05) is 22.6 Å². The van der Waals surface area contributed by atoms with Gasteiger partial charge in [-0.3, -0.25) is 28.0 Å². The van der Waals surface area contributed by atoms with E-state index in [1.54, 1.807) is 25.1 Å². The number of nitrogens with zero attached hydrogens (tertiary/aromatic N) is 3. The van der Waals surface area contributed by atoms with Gasteiger partial charge in [-0.1, -0.05) is 6.07 Å². The van der Waals surface area contributed by atoms with E-state index in [0.717, 1.165) is 4.57 Å². The molecule has 0 spiro atoms. The molecule has 0 unspecified atom stereocenters. The number of nitrogens with one attached hydrogen (secondary N) is 2. The van der Waals surface area contributed by atoms with Crippen LogP contribution in [0.5, 0.6) is 0 Å². The molecule has 0 aliphatic carbocycles.